The van der Waals surface area contributed by atoms with Crippen molar-refractivity contribution in [2.75, 3.05) is 0 Å². The quantitative estimate of drug-likeness (QED) is 0.450. The van der Waals surface area contributed by atoms with E-state index in [-0.39, 0.29) is 16.6 Å². The van der Waals surface area contributed by atoms with Gasteiger partial charge in [-0.15, -0.1) is 0 Å². The Bertz CT molecular complexity index is 606. The standard InChI is InChI=1S/C20H28O3/c1-15(8-6-9-16(2)14-17(21)22)10-13-20-18(3,4)11-7-12-19(20,5)23-20/h6,8-10,13-14H,7,11-12H2,1-5H3,(H,21,22)/b9-6+,13-10+,15-8+,16-14-/t19-,20+/m0/s1. The fourth-order valence-corrected chi connectivity index (χ4v) is 3.81. The lowest BCUT2D eigenvalue weighted by Gasteiger charge is -2.36. The molecule has 0 bridgehead atoms. The monoisotopic (exact) mass is 316 g/mol. The Morgan fingerprint density at radius 3 is 2.39 bits per heavy atom. The van der Waals surface area contributed by atoms with E-state index in [2.05, 4.69) is 32.9 Å². The molecule has 2 aliphatic rings. The summed E-state index contributed by atoms with van der Waals surface area (Å²) in [6, 6.07) is 0. The first-order chi connectivity index (χ1) is 10.6. The molecule has 2 rings (SSSR count). The molecule has 1 N–H and O–H groups in total. The Hall–Kier alpha value is -1.61. The number of aliphatic carboxylic acids is 1. The number of allylic oxidation sites excluding steroid dienone is 6. The number of hydrogen-bond donors (Lipinski definition) is 1. The second-order valence-electron chi connectivity index (χ2n) is 7.64. The molecule has 0 aromatic rings. The van der Waals surface area contributed by atoms with Crippen molar-refractivity contribution >= 4 is 5.97 Å². The lowest BCUT2D eigenvalue weighted by Crippen LogP contribution is -2.41. The predicted molar refractivity (Wildman–Crippen MR) is 93.3 cm³/mol. The highest BCUT2D eigenvalue weighted by atomic mass is 16.6. The van der Waals surface area contributed by atoms with E-state index in [1.165, 1.54) is 18.9 Å². The van der Waals surface area contributed by atoms with Crippen LogP contribution in [0.1, 0.15) is 53.9 Å². The van der Waals surface area contributed by atoms with Crippen LogP contribution in [0.5, 0.6) is 0 Å². The minimum atomic E-state index is -0.920. The third kappa shape index (κ3) is 3.50. The zero-order chi connectivity index (χ0) is 17.3. The van der Waals surface area contributed by atoms with Gasteiger partial charge >= 0.3 is 5.97 Å². The van der Waals surface area contributed by atoms with Gasteiger partial charge in [-0.1, -0.05) is 43.7 Å². The van der Waals surface area contributed by atoms with Crippen LogP contribution in [0.4, 0.5) is 0 Å². The third-order valence-electron chi connectivity index (χ3n) is 5.24. The zero-order valence-corrected chi connectivity index (χ0v) is 14.8. The molecule has 2 atom stereocenters. The number of carboxylic acid groups (broad SMARTS) is 1. The van der Waals surface area contributed by atoms with E-state index in [1.54, 1.807) is 13.0 Å². The van der Waals surface area contributed by atoms with E-state index in [9.17, 15) is 4.79 Å². The molecular weight excluding hydrogens is 288 g/mol. The second kappa shape index (κ2) is 6.12. The molecule has 23 heavy (non-hydrogen) atoms. The van der Waals surface area contributed by atoms with Crippen LogP contribution >= 0.6 is 0 Å². The Balaban J connectivity index is 2.07. The Kier molecular flexibility index (Phi) is 4.72. The summed E-state index contributed by atoms with van der Waals surface area (Å²) in [6.45, 7) is 10.6. The predicted octanol–water partition coefficient (Wildman–Crippen LogP) is 4.81. The number of ether oxygens (including phenoxy) is 1. The van der Waals surface area contributed by atoms with Crippen LogP contribution in [-0.4, -0.2) is 22.3 Å². The maximum Gasteiger partial charge on any atom is 0.328 e. The van der Waals surface area contributed by atoms with Gasteiger partial charge in [0.05, 0.1) is 5.60 Å². The summed E-state index contributed by atoms with van der Waals surface area (Å²) in [6.07, 6.45) is 14.8. The summed E-state index contributed by atoms with van der Waals surface area (Å²) in [4.78, 5) is 10.6. The Morgan fingerprint density at radius 2 is 1.78 bits per heavy atom. The first-order valence-corrected chi connectivity index (χ1v) is 8.28. The lowest BCUT2D eigenvalue weighted by atomic mass is 9.64. The summed E-state index contributed by atoms with van der Waals surface area (Å²) in [5, 5.41) is 8.68. The number of rotatable bonds is 5. The molecule has 0 amide bonds. The van der Waals surface area contributed by atoms with Gasteiger partial charge in [0, 0.05) is 11.5 Å². The largest absolute Gasteiger partial charge is 0.478 e. The lowest BCUT2D eigenvalue weighted by molar-refractivity contribution is -0.131. The summed E-state index contributed by atoms with van der Waals surface area (Å²) < 4.78 is 6.20. The molecule has 0 radical (unpaired) electrons. The van der Waals surface area contributed by atoms with Crippen LogP contribution in [0.3, 0.4) is 0 Å². The normalized spacial score (nSPS) is 34.0. The molecule has 1 aliphatic heterocycles. The molecule has 0 spiro atoms. The van der Waals surface area contributed by atoms with E-state index in [0.717, 1.165) is 17.6 Å². The van der Waals surface area contributed by atoms with Crippen molar-refractivity contribution in [1.82, 2.24) is 0 Å². The summed E-state index contributed by atoms with van der Waals surface area (Å²) in [5.74, 6) is -0.920. The number of carbonyl (C=O) groups is 1. The average Bonchev–Trinajstić information content (AvgIpc) is 3.03. The van der Waals surface area contributed by atoms with E-state index >= 15 is 0 Å². The van der Waals surface area contributed by atoms with Crippen molar-refractivity contribution in [3.05, 3.63) is 47.6 Å². The molecule has 0 aromatic heterocycles. The van der Waals surface area contributed by atoms with Gasteiger partial charge in [0.1, 0.15) is 5.60 Å². The van der Waals surface area contributed by atoms with Crippen molar-refractivity contribution in [2.24, 2.45) is 5.41 Å². The topological polar surface area (TPSA) is 49.8 Å². The molecule has 1 saturated heterocycles. The number of carboxylic acids is 1. The van der Waals surface area contributed by atoms with Crippen LogP contribution in [0.2, 0.25) is 0 Å². The van der Waals surface area contributed by atoms with Gasteiger partial charge in [0.15, 0.2) is 0 Å². The van der Waals surface area contributed by atoms with Gasteiger partial charge in [-0.25, -0.2) is 4.79 Å². The van der Waals surface area contributed by atoms with Crippen LogP contribution in [0.15, 0.2) is 47.6 Å². The van der Waals surface area contributed by atoms with Crippen LogP contribution in [0.25, 0.3) is 0 Å². The van der Waals surface area contributed by atoms with Crippen LogP contribution < -0.4 is 0 Å². The molecule has 0 unspecified atom stereocenters. The van der Waals surface area contributed by atoms with Crippen molar-refractivity contribution in [3.8, 4) is 0 Å². The molecule has 1 heterocycles. The van der Waals surface area contributed by atoms with Crippen LogP contribution in [-0.2, 0) is 9.53 Å². The maximum absolute atomic E-state index is 10.6. The van der Waals surface area contributed by atoms with Crippen molar-refractivity contribution in [2.45, 2.75) is 65.1 Å². The highest BCUT2D eigenvalue weighted by molar-refractivity contribution is 5.81. The Labute approximate surface area is 139 Å². The zero-order valence-electron chi connectivity index (χ0n) is 14.8. The highest BCUT2D eigenvalue weighted by Gasteiger charge is 2.73. The molecule has 1 aliphatic carbocycles. The summed E-state index contributed by atoms with van der Waals surface area (Å²) in [7, 11) is 0. The first kappa shape index (κ1) is 17.7. The van der Waals surface area contributed by atoms with E-state index in [0.29, 0.717) is 0 Å². The molecule has 126 valence electrons. The second-order valence-corrected chi connectivity index (χ2v) is 7.64. The number of hydrogen-bond acceptors (Lipinski definition) is 2. The van der Waals surface area contributed by atoms with Gasteiger partial charge in [0.25, 0.3) is 0 Å². The minimum absolute atomic E-state index is 0.0117. The first-order valence-electron chi connectivity index (χ1n) is 8.28. The van der Waals surface area contributed by atoms with E-state index < -0.39 is 5.97 Å². The molecule has 1 saturated carbocycles. The summed E-state index contributed by atoms with van der Waals surface area (Å²) >= 11 is 0. The number of fused-ring (bicyclic) bond motifs is 1. The molecule has 0 aromatic carbocycles. The molecule has 2 fully saturated rings. The molecule has 3 nitrogen and oxygen atoms in total. The summed E-state index contributed by atoms with van der Waals surface area (Å²) in [5.41, 5.74) is 1.85. The van der Waals surface area contributed by atoms with Gasteiger partial charge in [-0.2, -0.15) is 0 Å². The van der Waals surface area contributed by atoms with Gasteiger partial charge in [0.2, 0.25) is 0 Å². The average molecular weight is 316 g/mol. The molecular formula is C20H28O3. The van der Waals surface area contributed by atoms with Crippen molar-refractivity contribution in [3.63, 3.8) is 0 Å². The van der Waals surface area contributed by atoms with Gasteiger partial charge < -0.3 is 9.84 Å². The smallest absolute Gasteiger partial charge is 0.328 e. The Morgan fingerprint density at radius 1 is 1.09 bits per heavy atom. The van der Waals surface area contributed by atoms with Crippen LogP contribution in [0, 0.1) is 5.41 Å². The maximum atomic E-state index is 10.6. The minimum Gasteiger partial charge on any atom is -0.478 e. The fourth-order valence-electron chi connectivity index (χ4n) is 3.81. The van der Waals surface area contributed by atoms with E-state index in [4.69, 9.17) is 9.84 Å². The van der Waals surface area contributed by atoms with Crippen molar-refractivity contribution in [1.29, 1.82) is 0 Å². The van der Waals surface area contributed by atoms with Gasteiger partial charge in [-0.05, 0) is 51.7 Å². The van der Waals surface area contributed by atoms with Crippen molar-refractivity contribution < 1.29 is 14.6 Å². The van der Waals surface area contributed by atoms with E-state index in [1.807, 2.05) is 19.1 Å². The number of epoxide rings is 1. The highest BCUT2D eigenvalue weighted by Crippen LogP contribution is 2.66. The molecule has 3 heteroatoms. The fraction of sp³-hybridized carbons (Fsp3) is 0.550. The third-order valence-corrected chi connectivity index (χ3v) is 5.24. The van der Waals surface area contributed by atoms with Gasteiger partial charge in [-0.3, -0.25) is 0 Å². The SMILES string of the molecule is CC(=C/C(=O)O)/C=C/C=C(C)/C=C/[C@]12O[C@@]1(C)CCCC2(C)C.